The number of sulfone groups is 1. The molecule has 228 valence electrons. The molecule has 42 heavy (non-hydrogen) atoms. The van der Waals surface area contributed by atoms with Gasteiger partial charge in [0.05, 0.1) is 22.3 Å². The molecule has 3 amide bonds. The summed E-state index contributed by atoms with van der Waals surface area (Å²) < 4.78 is 72.9. The third-order valence-corrected chi connectivity index (χ3v) is 10.7. The fourth-order valence-electron chi connectivity index (χ4n) is 5.95. The number of ether oxygens (including phenoxy) is 1. The van der Waals surface area contributed by atoms with Crippen LogP contribution in [0.2, 0.25) is 5.02 Å². The number of carbonyl (C=O) groups excluding carboxylic acids is 3. The molecule has 2 bridgehead atoms. The van der Waals surface area contributed by atoms with E-state index in [4.69, 9.17) is 11.6 Å². The van der Waals surface area contributed by atoms with Gasteiger partial charge in [-0.05, 0) is 61.6 Å². The van der Waals surface area contributed by atoms with Crippen LogP contribution in [0.25, 0.3) is 0 Å². The van der Waals surface area contributed by atoms with Crippen LogP contribution in [0.4, 0.5) is 23.7 Å². The lowest BCUT2D eigenvalue weighted by Crippen LogP contribution is -2.54. The van der Waals surface area contributed by atoms with Crippen molar-refractivity contribution in [3.63, 3.8) is 0 Å². The highest BCUT2D eigenvalue weighted by Gasteiger charge is 2.50. The fourth-order valence-corrected chi connectivity index (χ4v) is 8.82. The highest BCUT2D eigenvalue weighted by molar-refractivity contribution is 7.92. The Kier molecular flexibility index (Phi) is 9.41. The van der Waals surface area contributed by atoms with Gasteiger partial charge in [-0.25, -0.2) is 26.4 Å². The molecule has 0 aromatic heterocycles. The van der Waals surface area contributed by atoms with Gasteiger partial charge in [0.25, 0.3) is 5.91 Å². The zero-order valence-corrected chi connectivity index (χ0v) is 24.6. The number of nitrogens with one attached hydrogen (secondary N) is 3. The standard InChI is InChI=1S/C28H31ClF3N3O6S/c1-13(2)24(35-28(38)41-3)27(37)34-17-8-14-4-5-15(9-17)25(14)42(39,40)22-10-16(6-7-19(22)29)26(36)33-18-11-20(30)23(32)21(31)12-18/h6-7,10-15,17,24-25H,4-5,8-9H2,1-3H3,(H,33,36)(H,34,37)(H,35,38)/t14?,15?,17?,24-,25?/m1/s1. The van der Waals surface area contributed by atoms with Gasteiger partial charge in [-0.3, -0.25) is 9.59 Å². The summed E-state index contributed by atoms with van der Waals surface area (Å²) in [6.45, 7) is 3.56. The second-order valence-corrected chi connectivity index (χ2v) is 13.5. The van der Waals surface area contributed by atoms with Crippen LogP contribution in [0.3, 0.4) is 0 Å². The van der Waals surface area contributed by atoms with E-state index in [2.05, 4.69) is 20.7 Å². The van der Waals surface area contributed by atoms with Gasteiger partial charge in [0.2, 0.25) is 5.91 Å². The van der Waals surface area contributed by atoms with E-state index in [-0.39, 0.29) is 50.9 Å². The van der Waals surface area contributed by atoms with Crippen LogP contribution >= 0.6 is 11.6 Å². The molecule has 0 saturated heterocycles. The largest absolute Gasteiger partial charge is 0.453 e. The van der Waals surface area contributed by atoms with Crippen LogP contribution in [-0.2, 0) is 19.4 Å². The number of amides is 3. The molecule has 0 aliphatic heterocycles. The molecular weight excluding hydrogens is 599 g/mol. The first kappa shape index (κ1) is 31.6. The first-order valence-corrected chi connectivity index (χ1v) is 15.3. The van der Waals surface area contributed by atoms with Crippen LogP contribution in [0.15, 0.2) is 35.2 Å². The smallest absolute Gasteiger partial charge is 0.407 e. The summed E-state index contributed by atoms with van der Waals surface area (Å²) in [6, 6.07) is 3.72. The number of hydrogen-bond donors (Lipinski definition) is 3. The van der Waals surface area contributed by atoms with E-state index in [1.165, 1.54) is 19.2 Å². The number of alkyl carbamates (subject to hydrolysis) is 1. The van der Waals surface area contributed by atoms with Crippen LogP contribution in [-0.4, -0.2) is 50.8 Å². The summed E-state index contributed by atoms with van der Waals surface area (Å²) in [5, 5.41) is 6.82. The number of anilines is 1. The van der Waals surface area contributed by atoms with E-state index in [0.717, 1.165) is 6.07 Å². The van der Waals surface area contributed by atoms with Gasteiger partial charge in [-0.1, -0.05) is 25.4 Å². The highest BCUT2D eigenvalue weighted by atomic mass is 35.5. The summed E-state index contributed by atoms with van der Waals surface area (Å²) in [7, 11) is -2.84. The number of benzene rings is 2. The van der Waals surface area contributed by atoms with Crippen LogP contribution in [0.1, 0.15) is 49.9 Å². The maximum Gasteiger partial charge on any atom is 0.407 e. The molecule has 3 atom stereocenters. The van der Waals surface area contributed by atoms with Crippen LogP contribution in [0.5, 0.6) is 0 Å². The van der Waals surface area contributed by atoms with Gasteiger partial charge >= 0.3 is 6.09 Å². The number of carbonyl (C=O) groups is 3. The van der Waals surface area contributed by atoms with Crippen molar-refractivity contribution in [1.29, 1.82) is 0 Å². The lowest BCUT2D eigenvalue weighted by Gasteiger charge is -2.36. The monoisotopic (exact) mass is 629 g/mol. The molecule has 2 aromatic carbocycles. The average Bonchev–Trinajstić information content (AvgIpc) is 3.21. The van der Waals surface area contributed by atoms with E-state index in [9.17, 15) is 36.0 Å². The minimum atomic E-state index is -4.05. The summed E-state index contributed by atoms with van der Waals surface area (Å²) in [5.41, 5.74) is -0.482. The number of halogens is 4. The summed E-state index contributed by atoms with van der Waals surface area (Å²) in [6.07, 6.45) is 1.30. The minimum Gasteiger partial charge on any atom is -0.453 e. The molecule has 2 aromatic rings. The molecule has 2 aliphatic rings. The van der Waals surface area contributed by atoms with Crippen molar-refractivity contribution in [2.45, 2.75) is 61.8 Å². The molecule has 0 radical (unpaired) electrons. The zero-order chi connectivity index (χ0) is 30.9. The van der Waals surface area contributed by atoms with Crippen LogP contribution < -0.4 is 16.0 Å². The second kappa shape index (κ2) is 12.5. The predicted octanol–water partition coefficient (Wildman–Crippen LogP) is 4.84. The van der Waals surface area contributed by atoms with E-state index in [0.29, 0.717) is 37.8 Å². The number of methoxy groups -OCH3 is 1. The van der Waals surface area contributed by atoms with E-state index >= 15 is 0 Å². The summed E-state index contributed by atoms with van der Waals surface area (Å²) in [4.78, 5) is 37.2. The molecule has 3 N–H and O–H groups in total. The highest BCUT2D eigenvalue weighted by Crippen LogP contribution is 2.48. The molecule has 2 fully saturated rings. The molecule has 0 heterocycles. The first-order chi connectivity index (χ1) is 19.7. The summed E-state index contributed by atoms with van der Waals surface area (Å²) in [5.74, 6) is -6.72. The molecule has 0 spiro atoms. The summed E-state index contributed by atoms with van der Waals surface area (Å²) >= 11 is 6.30. The SMILES string of the molecule is COC(=O)N[C@@H](C(=O)NC1CC2CCC(C1)C2S(=O)(=O)c1cc(C(=O)Nc2cc(F)c(F)c(F)c2)ccc1Cl)C(C)C. The minimum absolute atomic E-state index is 0.0890. The van der Waals surface area contributed by atoms with Crippen molar-refractivity contribution in [2.75, 3.05) is 12.4 Å². The van der Waals surface area contributed by atoms with Gasteiger partial charge in [-0.2, -0.15) is 0 Å². The molecular formula is C28H31ClF3N3O6S. The van der Waals surface area contributed by atoms with Gasteiger partial charge in [0, 0.05) is 29.4 Å². The lowest BCUT2D eigenvalue weighted by atomic mass is 9.84. The van der Waals surface area contributed by atoms with E-state index in [1.807, 2.05) is 0 Å². The number of rotatable bonds is 8. The third-order valence-electron chi connectivity index (χ3n) is 7.87. The Labute approximate surface area is 246 Å². The van der Waals surface area contributed by atoms with Crippen molar-refractivity contribution in [1.82, 2.24) is 10.6 Å². The van der Waals surface area contributed by atoms with Crippen molar-refractivity contribution < 1.29 is 40.7 Å². The first-order valence-electron chi connectivity index (χ1n) is 13.4. The van der Waals surface area contributed by atoms with E-state index < -0.39 is 50.6 Å². The molecule has 2 aliphatic carbocycles. The van der Waals surface area contributed by atoms with Crippen molar-refractivity contribution in [3.05, 3.63) is 58.4 Å². The Morgan fingerprint density at radius 3 is 2.14 bits per heavy atom. The van der Waals surface area contributed by atoms with Crippen molar-refractivity contribution >= 4 is 45.0 Å². The van der Waals surface area contributed by atoms with Gasteiger partial charge in [0.1, 0.15) is 6.04 Å². The van der Waals surface area contributed by atoms with Crippen molar-refractivity contribution in [3.8, 4) is 0 Å². The van der Waals surface area contributed by atoms with Crippen LogP contribution in [0, 0.1) is 35.2 Å². The molecule has 2 unspecified atom stereocenters. The Balaban J connectivity index is 1.50. The average molecular weight is 630 g/mol. The fraction of sp³-hybridized carbons (Fsp3) is 0.464. The lowest BCUT2D eigenvalue weighted by molar-refractivity contribution is -0.125. The number of hydrogen-bond acceptors (Lipinski definition) is 6. The third kappa shape index (κ3) is 6.51. The topological polar surface area (TPSA) is 131 Å². The molecule has 2 saturated carbocycles. The Hall–Kier alpha value is -3.32. The molecule has 14 heteroatoms. The maximum absolute atomic E-state index is 13.9. The van der Waals surface area contributed by atoms with Crippen molar-refractivity contribution in [2.24, 2.45) is 17.8 Å². The molecule has 9 nitrogen and oxygen atoms in total. The van der Waals surface area contributed by atoms with Gasteiger partial charge < -0.3 is 20.7 Å². The van der Waals surface area contributed by atoms with Gasteiger partial charge in [-0.15, -0.1) is 0 Å². The molecule has 4 rings (SSSR count). The zero-order valence-electron chi connectivity index (χ0n) is 23.0. The predicted molar refractivity (Wildman–Crippen MR) is 148 cm³/mol. The second-order valence-electron chi connectivity index (χ2n) is 11.0. The van der Waals surface area contributed by atoms with E-state index in [1.54, 1.807) is 13.8 Å². The Morgan fingerprint density at radius 1 is 1.00 bits per heavy atom. The Morgan fingerprint density at radius 2 is 1.60 bits per heavy atom. The quantitative estimate of drug-likeness (QED) is 0.359. The normalized spacial score (nSPS) is 22.4. The Bertz CT molecular complexity index is 1470. The number of fused-ring (bicyclic) bond motifs is 2. The maximum atomic E-state index is 13.9. The van der Waals surface area contributed by atoms with Gasteiger partial charge in [0.15, 0.2) is 27.3 Å².